The van der Waals surface area contributed by atoms with Crippen LogP contribution in [0, 0.1) is 0 Å². The van der Waals surface area contributed by atoms with Crippen LogP contribution in [0.5, 0.6) is 0 Å². The first-order valence-electron chi connectivity index (χ1n) is 4.45. The van der Waals surface area contributed by atoms with Crippen LogP contribution in [0.2, 0.25) is 0 Å². The van der Waals surface area contributed by atoms with Crippen LogP contribution in [0.15, 0.2) is 15.4 Å². The number of hydrogen-bond acceptors (Lipinski definition) is 6. The molecule has 1 aromatic rings. The van der Waals surface area contributed by atoms with Crippen molar-refractivity contribution in [2.45, 2.75) is 0 Å². The van der Waals surface area contributed by atoms with Crippen LogP contribution < -0.4 is 26.9 Å². The standard InChI is InChI=1S/C8H9N5OS2/c9-8-12-6-5(7(14)13-8)11-3(1-10-6)4(16)2-15/h2,11,16H,1H2,(H4,9,10,12,13,14)/p+1. The lowest BCUT2D eigenvalue weighted by atomic mass is 10.3. The summed E-state index contributed by atoms with van der Waals surface area (Å²) >= 11 is 8.96. The number of aromatic amines is 2. The van der Waals surface area contributed by atoms with Crippen molar-refractivity contribution in [3.05, 3.63) is 21.0 Å². The predicted octanol–water partition coefficient (Wildman–Crippen LogP) is -0.250. The fourth-order valence-electron chi connectivity index (χ4n) is 1.38. The van der Waals surface area contributed by atoms with Crippen molar-refractivity contribution in [3.63, 3.8) is 0 Å². The Hall–Kier alpha value is -1.54. The molecule has 0 saturated heterocycles. The highest BCUT2D eigenvalue weighted by Crippen LogP contribution is 2.20. The van der Waals surface area contributed by atoms with Gasteiger partial charge in [0.1, 0.15) is 0 Å². The Morgan fingerprint density at radius 2 is 2.38 bits per heavy atom. The van der Waals surface area contributed by atoms with Gasteiger partial charge in [-0.25, -0.2) is 9.97 Å². The molecule has 0 amide bonds. The van der Waals surface area contributed by atoms with Gasteiger partial charge < -0.3 is 16.4 Å². The van der Waals surface area contributed by atoms with Gasteiger partial charge >= 0.3 is 11.5 Å². The molecule has 0 unspecified atom stereocenters. The van der Waals surface area contributed by atoms with Crippen molar-refractivity contribution in [2.24, 2.45) is 0 Å². The van der Waals surface area contributed by atoms with Gasteiger partial charge in [-0.2, -0.15) is 0 Å². The molecule has 0 aromatic carbocycles. The maximum absolute atomic E-state index is 11.6. The maximum Gasteiger partial charge on any atom is 0.322 e. The highest BCUT2D eigenvalue weighted by atomic mass is 32.1. The van der Waals surface area contributed by atoms with E-state index in [0.29, 0.717) is 23.0 Å². The zero-order valence-corrected chi connectivity index (χ0v) is 9.84. The smallest absolute Gasteiger partial charge is 0.322 e. The number of anilines is 3. The lowest BCUT2D eigenvalue weighted by molar-refractivity contribution is -0.347. The van der Waals surface area contributed by atoms with Gasteiger partial charge in [0.15, 0.2) is 5.69 Å². The Labute approximate surface area is 102 Å². The fourth-order valence-corrected chi connectivity index (χ4v) is 1.65. The number of rotatable bonds is 1. The van der Waals surface area contributed by atoms with Gasteiger partial charge in [-0.15, -0.1) is 12.6 Å². The summed E-state index contributed by atoms with van der Waals surface area (Å²) in [5.41, 5.74) is 6.29. The van der Waals surface area contributed by atoms with Crippen LogP contribution in [0.4, 0.5) is 17.5 Å². The number of fused-ring (bicyclic) bond motifs is 1. The Kier molecular flexibility index (Phi) is 2.84. The van der Waals surface area contributed by atoms with Crippen LogP contribution in [0.3, 0.4) is 0 Å². The van der Waals surface area contributed by atoms with E-state index in [2.05, 4.69) is 33.2 Å². The van der Waals surface area contributed by atoms with E-state index in [-0.39, 0.29) is 11.5 Å². The molecule has 0 bridgehead atoms. The molecule has 2 heterocycles. The first-order chi connectivity index (χ1) is 7.61. The minimum Gasteiger partial charge on any atom is -0.345 e. The fraction of sp³-hybridized carbons (Fsp3) is 0.125. The molecule has 1 aliphatic rings. The largest absolute Gasteiger partial charge is 0.345 e. The summed E-state index contributed by atoms with van der Waals surface area (Å²) in [6.07, 6.45) is 0. The molecule has 0 fully saturated rings. The monoisotopic (exact) mass is 256 g/mol. The maximum atomic E-state index is 11.6. The molecule has 6 N–H and O–H groups in total. The zero-order chi connectivity index (χ0) is 11.7. The number of aromatic nitrogens is 2. The van der Waals surface area contributed by atoms with E-state index >= 15 is 0 Å². The summed E-state index contributed by atoms with van der Waals surface area (Å²) in [6, 6.07) is 0. The molecule has 0 spiro atoms. The van der Waals surface area contributed by atoms with E-state index in [1.807, 2.05) is 0 Å². The number of allylic oxidation sites excluding steroid dienone is 1. The van der Waals surface area contributed by atoms with Gasteiger partial charge in [0.25, 0.3) is 0 Å². The van der Waals surface area contributed by atoms with Crippen LogP contribution in [0.25, 0.3) is 0 Å². The number of nitrogens with two attached hydrogens (primary N) is 1. The second kappa shape index (κ2) is 4.14. The minimum absolute atomic E-state index is 0.200. The molecule has 8 heteroatoms. The number of nitrogens with one attached hydrogen (secondary N) is 4. The lowest BCUT2D eigenvalue weighted by Gasteiger charge is -2.18. The molecule has 1 aromatic heterocycles. The summed E-state index contributed by atoms with van der Waals surface area (Å²) in [4.78, 5) is 17.5. The summed E-state index contributed by atoms with van der Waals surface area (Å²) in [5.74, 6) is 0.752. The Bertz CT molecular complexity index is 536. The summed E-state index contributed by atoms with van der Waals surface area (Å²) in [7, 11) is 0. The molecule has 6 nitrogen and oxygen atoms in total. The van der Waals surface area contributed by atoms with E-state index in [1.165, 1.54) is 5.37 Å². The van der Waals surface area contributed by atoms with Gasteiger partial charge in [0, 0.05) is 10.3 Å². The molecule has 16 heavy (non-hydrogen) atoms. The Balaban J connectivity index is 2.49. The molecule has 0 atom stereocenters. The topological polar surface area (TPSA) is 97.1 Å². The third-order valence-corrected chi connectivity index (χ3v) is 2.93. The number of nitrogen functional groups attached to an aromatic ring is 1. The van der Waals surface area contributed by atoms with E-state index in [4.69, 9.17) is 18.0 Å². The van der Waals surface area contributed by atoms with Crippen molar-refractivity contribution in [1.29, 1.82) is 0 Å². The average molecular weight is 256 g/mol. The second-order valence-electron chi connectivity index (χ2n) is 3.20. The summed E-state index contributed by atoms with van der Waals surface area (Å²) in [6.45, 7) is 0.498. The van der Waals surface area contributed by atoms with E-state index in [1.54, 1.807) is 0 Å². The van der Waals surface area contributed by atoms with Crippen LogP contribution in [-0.4, -0.2) is 16.9 Å². The van der Waals surface area contributed by atoms with Crippen molar-refractivity contribution in [3.8, 4) is 0 Å². The number of H-pyrrole nitrogens is 2. The molecule has 2 rings (SSSR count). The van der Waals surface area contributed by atoms with E-state index in [0.717, 1.165) is 5.70 Å². The van der Waals surface area contributed by atoms with Crippen LogP contribution >= 0.6 is 24.8 Å². The first-order valence-corrected chi connectivity index (χ1v) is 5.37. The Morgan fingerprint density at radius 1 is 1.62 bits per heavy atom. The molecular formula is C8H10N5OS2+. The van der Waals surface area contributed by atoms with Crippen molar-refractivity contribution in [2.75, 3.05) is 22.9 Å². The molecular weight excluding hydrogens is 246 g/mol. The molecule has 0 radical (unpaired) electrons. The predicted molar refractivity (Wildman–Crippen MR) is 69.8 cm³/mol. The quantitative estimate of drug-likeness (QED) is 0.271. The average Bonchev–Trinajstić information content (AvgIpc) is 2.27. The normalized spacial score (nSPS) is 16.8. The summed E-state index contributed by atoms with van der Waals surface area (Å²) < 4.78 is 0. The zero-order valence-electron chi connectivity index (χ0n) is 8.13. The van der Waals surface area contributed by atoms with Crippen molar-refractivity contribution < 1.29 is 4.98 Å². The highest BCUT2D eigenvalue weighted by Gasteiger charge is 2.21. The minimum atomic E-state index is -0.304. The van der Waals surface area contributed by atoms with Gasteiger partial charge in [-0.1, -0.05) is 12.2 Å². The molecule has 0 aliphatic carbocycles. The van der Waals surface area contributed by atoms with Gasteiger partial charge in [0.2, 0.25) is 5.82 Å². The van der Waals surface area contributed by atoms with Crippen molar-refractivity contribution >= 4 is 47.7 Å². The number of hydrogen-bond donors (Lipinski definition) is 5. The number of thiocarbonyl (C=S) groups is 1. The van der Waals surface area contributed by atoms with Gasteiger partial charge in [-0.3, -0.25) is 4.79 Å². The summed E-state index contributed by atoms with van der Waals surface area (Å²) in [5, 5.41) is 7.41. The van der Waals surface area contributed by atoms with Crippen LogP contribution in [-0.2, 0) is 0 Å². The first kappa shape index (κ1) is 11.0. The SMILES string of the molecule is Nc1[nH]c(=O)c2c([nH+]1)NCC(=C(S)C=S)N2. The second-order valence-corrected chi connectivity index (χ2v) is 3.92. The number of thiol groups is 1. The third-order valence-electron chi connectivity index (χ3n) is 2.12. The lowest BCUT2D eigenvalue weighted by Crippen LogP contribution is -2.34. The molecule has 0 saturated carbocycles. The molecule has 84 valence electrons. The van der Waals surface area contributed by atoms with E-state index < -0.39 is 0 Å². The Morgan fingerprint density at radius 3 is 3.06 bits per heavy atom. The molecule has 1 aliphatic heterocycles. The third kappa shape index (κ3) is 1.89. The van der Waals surface area contributed by atoms with Crippen molar-refractivity contribution in [1.82, 2.24) is 4.98 Å². The van der Waals surface area contributed by atoms with E-state index in [9.17, 15) is 4.79 Å². The highest BCUT2D eigenvalue weighted by molar-refractivity contribution is 7.89. The van der Waals surface area contributed by atoms with Gasteiger partial charge in [0.05, 0.1) is 12.2 Å². The van der Waals surface area contributed by atoms with Gasteiger partial charge in [-0.05, 0) is 0 Å². The van der Waals surface area contributed by atoms with Crippen LogP contribution in [0.1, 0.15) is 0 Å².